The quantitative estimate of drug-likeness (QED) is 0.510. The molecule has 2 rings (SSSR count). The van der Waals surface area contributed by atoms with E-state index < -0.39 is 4.87 Å². The van der Waals surface area contributed by atoms with Gasteiger partial charge in [0.25, 0.3) is 0 Å². The fraction of sp³-hybridized carbons (Fsp3) is 0.250. The first-order chi connectivity index (χ1) is 6.65. The molecule has 72 valence electrons. The van der Waals surface area contributed by atoms with Crippen molar-refractivity contribution in [3.8, 4) is 0 Å². The summed E-state index contributed by atoms with van der Waals surface area (Å²) in [6.45, 7) is 1.86. The van der Waals surface area contributed by atoms with E-state index in [1.165, 1.54) is 0 Å². The lowest BCUT2D eigenvalue weighted by molar-refractivity contribution is -0.109. The number of fused-ring (bicyclic) bond motifs is 1. The lowest BCUT2D eigenvalue weighted by atomic mass is 9.80. The zero-order chi connectivity index (χ0) is 10.2. The Labute approximate surface area is 88.4 Å². The van der Waals surface area contributed by atoms with E-state index in [4.69, 9.17) is 11.6 Å². The Morgan fingerprint density at radius 3 is 2.86 bits per heavy atom. The van der Waals surface area contributed by atoms with Crippen LogP contribution in [-0.2, 0) is 4.79 Å². The maximum absolute atomic E-state index is 11.0. The van der Waals surface area contributed by atoms with Crippen LogP contribution in [0.3, 0.4) is 0 Å². The standard InChI is InChI=1S/C12H11ClO/c1-12(13)7-6-9-4-2-3-5-10(9)11(12)8-14/h2-8,11H,1H3. The topological polar surface area (TPSA) is 17.1 Å². The Kier molecular flexibility index (Phi) is 2.20. The van der Waals surface area contributed by atoms with Crippen molar-refractivity contribution in [1.29, 1.82) is 0 Å². The molecule has 1 aromatic carbocycles. The average Bonchev–Trinajstić information content (AvgIpc) is 2.17. The van der Waals surface area contributed by atoms with Crippen LogP contribution in [0.25, 0.3) is 6.08 Å². The first kappa shape index (κ1) is 9.47. The van der Waals surface area contributed by atoms with Gasteiger partial charge in [-0.2, -0.15) is 0 Å². The second kappa shape index (κ2) is 3.25. The number of carbonyl (C=O) groups excluding carboxylic acids is 1. The highest BCUT2D eigenvalue weighted by molar-refractivity contribution is 6.27. The Morgan fingerprint density at radius 2 is 2.14 bits per heavy atom. The van der Waals surface area contributed by atoms with Gasteiger partial charge in [-0.05, 0) is 18.1 Å². The fourth-order valence-electron chi connectivity index (χ4n) is 1.81. The molecule has 1 aromatic rings. The molecular weight excluding hydrogens is 196 g/mol. The number of aldehydes is 1. The van der Waals surface area contributed by atoms with Crippen molar-refractivity contribution >= 4 is 24.0 Å². The molecule has 1 aliphatic carbocycles. The number of hydrogen-bond acceptors (Lipinski definition) is 1. The highest BCUT2D eigenvalue weighted by Gasteiger charge is 2.34. The van der Waals surface area contributed by atoms with E-state index in [2.05, 4.69) is 0 Å². The molecule has 1 aliphatic rings. The SMILES string of the molecule is CC1(Cl)C=Cc2ccccc2C1C=O. The highest BCUT2D eigenvalue weighted by Crippen LogP contribution is 2.39. The van der Waals surface area contributed by atoms with Gasteiger partial charge in [-0.1, -0.05) is 36.4 Å². The van der Waals surface area contributed by atoms with Gasteiger partial charge < -0.3 is 4.79 Å². The summed E-state index contributed by atoms with van der Waals surface area (Å²) in [6, 6.07) is 7.84. The predicted octanol–water partition coefficient (Wildman–Crippen LogP) is 2.99. The largest absolute Gasteiger partial charge is 0.303 e. The van der Waals surface area contributed by atoms with Crippen molar-refractivity contribution in [2.24, 2.45) is 0 Å². The van der Waals surface area contributed by atoms with Gasteiger partial charge in [0.2, 0.25) is 0 Å². The third-order valence-electron chi connectivity index (χ3n) is 2.66. The predicted molar refractivity (Wildman–Crippen MR) is 58.5 cm³/mol. The number of allylic oxidation sites excluding steroid dienone is 1. The minimum Gasteiger partial charge on any atom is -0.303 e. The number of carbonyl (C=O) groups is 1. The molecule has 14 heavy (non-hydrogen) atoms. The third kappa shape index (κ3) is 1.38. The first-order valence-electron chi connectivity index (χ1n) is 4.57. The minimum absolute atomic E-state index is 0.245. The van der Waals surface area contributed by atoms with Crippen molar-refractivity contribution in [1.82, 2.24) is 0 Å². The van der Waals surface area contributed by atoms with E-state index in [0.29, 0.717) is 0 Å². The van der Waals surface area contributed by atoms with Crippen LogP contribution in [0, 0.1) is 0 Å². The van der Waals surface area contributed by atoms with E-state index in [-0.39, 0.29) is 5.92 Å². The van der Waals surface area contributed by atoms with Crippen molar-refractivity contribution < 1.29 is 4.79 Å². The molecule has 0 aromatic heterocycles. The molecule has 2 atom stereocenters. The van der Waals surface area contributed by atoms with Gasteiger partial charge in [-0.15, -0.1) is 11.6 Å². The maximum Gasteiger partial charge on any atom is 0.129 e. The van der Waals surface area contributed by atoms with Crippen LogP contribution >= 0.6 is 11.6 Å². The number of rotatable bonds is 1. The molecule has 0 amide bonds. The summed E-state index contributed by atoms with van der Waals surface area (Å²) in [5, 5.41) is 0. The molecule has 0 bridgehead atoms. The van der Waals surface area contributed by atoms with Crippen molar-refractivity contribution in [3.63, 3.8) is 0 Å². The van der Waals surface area contributed by atoms with E-state index in [9.17, 15) is 4.79 Å². The molecule has 0 saturated heterocycles. The summed E-state index contributed by atoms with van der Waals surface area (Å²) >= 11 is 6.25. The number of hydrogen-bond donors (Lipinski definition) is 0. The summed E-state index contributed by atoms with van der Waals surface area (Å²) in [5.41, 5.74) is 2.10. The summed E-state index contributed by atoms with van der Waals surface area (Å²) in [5.74, 6) is -0.245. The smallest absolute Gasteiger partial charge is 0.129 e. The van der Waals surface area contributed by atoms with Gasteiger partial charge in [-0.25, -0.2) is 0 Å². The summed E-state index contributed by atoms with van der Waals surface area (Å²) < 4.78 is 0. The molecule has 1 nitrogen and oxygen atoms in total. The van der Waals surface area contributed by atoms with Crippen molar-refractivity contribution in [2.75, 3.05) is 0 Å². The van der Waals surface area contributed by atoms with Crippen LogP contribution in [0.4, 0.5) is 0 Å². The normalized spacial score (nSPS) is 29.7. The molecule has 0 heterocycles. The Bertz CT molecular complexity index is 393. The third-order valence-corrected chi connectivity index (χ3v) is 3.03. The molecule has 0 fully saturated rings. The molecule has 0 N–H and O–H groups in total. The van der Waals surface area contributed by atoms with E-state index in [1.54, 1.807) is 0 Å². The van der Waals surface area contributed by atoms with Gasteiger partial charge in [0, 0.05) is 0 Å². The van der Waals surface area contributed by atoms with Crippen molar-refractivity contribution in [2.45, 2.75) is 17.7 Å². The summed E-state index contributed by atoms with van der Waals surface area (Å²) in [4.78, 5) is 10.4. The van der Waals surface area contributed by atoms with E-state index in [1.807, 2.05) is 43.3 Å². The molecule has 2 heteroatoms. The van der Waals surface area contributed by atoms with Crippen LogP contribution in [0.1, 0.15) is 24.0 Å². The van der Waals surface area contributed by atoms with Crippen molar-refractivity contribution in [3.05, 3.63) is 41.5 Å². The highest BCUT2D eigenvalue weighted by atomic mass is 35.5. The maximum atomic E-state index is 11.0. The van der Waals surface area contributed by atoms with Crippen LogP contribution in [0.15, 0.2) is 30.3 Å². The minimum atomic E-state index is -0.587. The second-order valence-corrected chi connectivity index (χ2v) is 4.54. The summed E-state index contributed by atoms with van der Waals surface area (Å²) in [7, 11) is 0. The van der Waals surface area contributed by atoms with Gasteiger partial charge in [0.1, 0.15) is 6.29 Å². The van der Waals surface area contributed by atoms with E-state index >= 15 is 0 Å². The Balaban J connectivity index is 2.58. The van der Waals surface area contributed by atoms with Crippen LogP contribution in [0.5, 0.6) is 0 Å². The first-order valence-corrected chi connectivity index (χ1v) is 4.95. The average molecular weight is 207 g/mol. The molecule has 0 saturated carbocycles. The Morgan fingerprint density at radius 1 is 1.43 bits per heavy atom. The lowest BCUT2D eigenvalue weighted by Gasteiger charge is -2.30. The number of benzene rings is 1. The molecule has 0 aliphatic heterocycles. The lowest BCUT2D eigenvalue weighted by Crippen LogP contribution is -2.28. The Hall–Kier alpha value is -1.08. The van der Waals surface area contributed by atoms with E-state index in [0.717, 1.165) is 17.4 Å². The summed E-state index contributed by atoms with van der Waals surface area (Å²) in [6.07, 6.45) is 4.79. The molecular formula is C12H11ClO. The van der Waals surface area contributed by atoms with Crippen LogP contribution in [-0.4, -0.2) is 11.2 Å². The zero-order valence-electron chi connectivity index (χ0n) is 7.91. The second-order valence-electron chi connectivity index (χ2n) is 3.73. The number of alkyl halides is 1. The monoisotopic (exact) mass is 206 g/mol. The number of halogens is 1. The molecule has 2 unspecified atom stereocenters. The van der Waals surface area contributed by atoms with Gasteiger partial charge in [-0.3, -0.25) is 0 Å². The molecule has 0 radical (unpaired) electrons. The van der Waals surface area contributed by atoms with Gasteiger partial charge in [0.05, 0.1) is 10.8 Å². The zero-order valence-corrected chi connectivity index (χ0v) is 8.66. The fourth-order valence-corrected chi connectivity index (χ4v) is 2.04. The molecule has 0 spiro atoms. The van der Waals surface area contributed by atoms with Crippen LogP contribution in [0.2, 0.25) is 0 Å². The van der Waals surface area contributed by atoms with Gasteiger partial charge in [0.15, 0.2) is 0 Å². The van der Waals surface area contributed by atoms with Crippen LogP contribution < -0.4 is 0 Å². The van der Waals surface area contributed by atoms with Gasteiger partial charge >= 0.3 is 0 Å².